The van der Waals surface area contributed by atoms with Crippen LogP contribution in [0.15, 0.2) is 35.5 Å². The number of benzene rings is 2. The smallest absolute Gasteiger partial charge is 0.247 e. The largest absolute Gasteiger partial charge is 0.493 e. The van der Waals surface area contributed by atoms with Crippen LogP contribution in [0.1, 0.15) is 43.7 Å². The van der Waals surface area contributed by atoms with Crippen molar-refractivity contribution >= 4 is 23.4 Å². The van der Waals surface area contributed by atoms with Crippen LogP contribution >= 0.6 is 11.8 Å². The predicted octanol–water partition coefficient (Wildman–Crippen LogP) is 5.36. The standard InChI is InChI=1S/C26H30N4O4S/c1-14(2)13-35-26-27-24-21(28-29-26)19-12-15(3)11-16(4)22(19)30(17(5)31)25(34-24)18-9-8-10-20(32-6)23(18)33-7/h8-12,14,25H,13H2,1-7H3/t25-/m1/s1. The number of fused-ring (bicyclic) bond motifs is 3. The number of anilines is 1. The number of amides is 1. The monoisotopic (exact) mass is 494 g/mol. The molecule has 0 spiro atoms. The molecule has 2 heterocycles. The van der Waals surface area contributed by atoms with Gasteiger partial charge >= 0.3 is 0 Å². The Labute approximate surface area is 210 Å². The summed E-state index contributed by atoms with van der Waals surface area (Å²) in [7, 11) is 3.14. The molecule has 1 aromatic heterocycles. The number of nitrogens with zero attached hydrogens (tertiary/aromatic N) is 4. The highest BCUT2D eigenvalue weighted by molar-refractivity contribution is 7.99. The van der Waals surface area contributed by atoms with Crippen LogP contribution in [0.3, 0.4) is 0 Å². The Morgan fingerprint density at radius 2 is 1.94 bits per heavy atom. The van der Waals surface area contributed by atoms with E-state index in [0.717, 1.165) is 22.4 Å². The number of ether oxygens (including phenoxy) is 3. The molecule has 0 bridgehead atoms. The number of aromatic nitrogens is 3. The Kier molecular flexibility index (Phi) is 7.16. The zero-order valence-corrected chi connectivity index (χ0v) is 21.9. The van der Waals surface area contributed by atoms with Gasteiger partial charge in [0.25, 0.3) is 0 Å². The number of hydrogen-bond acceptors (Lipinski definition) is 8. The average molecular weight is 495 g/mol. The fourth-order valence-corrected chi connectivity index (χ4v) is 4.95. The lowest BCUT2D eigenvalue weighted by Gasteiger charge is -2.32. The SMILES string of the molecule is COc1cccc([C@H]2Oc3nc(SCC(C)C)nnc3-c3cc(C)cc(C)c3N2C(C)=O)c1OC. The summed E-state index contributed by atoms with van der Waals surface area (Å²) in [5.74, 6) is 2.46. The van der Waals surface area contributed by atoms with Crippen molar-refractivity contribution in [2.75, 3.05) is 24.9 Å². The maximum absolute atomic E-state index is 13.2. The number of hydrogen-bond donors (Lipinski definition) is 0. The van der Waals surface area contributed by atoms with Gasteiger partial charge in [0.2, 0.25) is 23.2 Å². The van der Waals surface area contributed by atoms with Crippen molar-refractivity contribution in [1.82, 2.24) is 15.2 Å². The summed E-state index contributed by atoms with van der Waals surface area (Å²) >= 11 is 1.52. The van der Waals surface area contributed by atoms with Gasteiger partial charge in [-0.3, -0.25) is 9.69 Å². The molecule has 0 radical (unpaired) electrons. The van der Waals surface area contributed by atoms with Gasteiger partial charge in [-0.2, -0.15) is 4.98 Å². The van der Waals surface area contributed by atoms with Crippen molar-refractivity contribution in [3.8, 4) is 28.6 Å². The zero-order valence-electron chi connectivity index (χ0n) is 21.1. The zero-order chi connectivity index (χ0) is 25.3. The molecule has 8 nitrogen and oxygen atoms in total. The normalized spacial score (nSPS) is 14.6. The van der Waals surface area contributed by atoms with Crippen LogP contribution in [0, 0.1) is 19.8 Å². The van der Waals surface area contributed by atoms with Gasteiger partial charge in [-0.1, -0.05) is 43.3 Å². The number of carbonyl (C=O) groups is 1. The van der Waals surface area contributed by atoms with Gasteiger partial charge in [-0.25, -0.2) is 0 Å². The van der Waals surface area contributed by atoms with Crippen molar-refractivity contribution in [2.45, 2.75) is 46.0 Å². The summed E-state index contributed by atoms with van der Waals surface area (Å²) in [5, 5.41) is 9.42. The molecule has 4 rings (SSSR count). The summed E-state index contributed by atoms with van der Waals surface area (Å²) < 4.78 is 17.8. The summed E-state index contributed by atoms with van der Waals surface area (Å²) in [5.41, 5.74) is 4.53. The van der Waals surface area contributed by atoms with E-state index >= 15 is 0 Å². The van der Waals surface area contributed by atoms with Crippen LogP contribution in [0.5, 0.6) is 17.4 Å². The Bertz CT molecular complexity index is 1260. The second-order valence-electron chi connectivity index (χ2n) is 8.87. The first-order valence-corrected chi connectivity index (χ1v) is 12.4. The van der Waals surface area contributed by atoms with Gasteiger partial charge in [0, 0.05) is 18.2 Å². The molecule has 1 amide bonds. The highest BCUT2D eigenvalue weighted by Gasteiger charge is 2.37. The van der Waals surface area contributed by atoms with Crippen LogP contribution in [0.2, 0.25) is 0 Å². The predicted molar refractivity (Wildman–Crippen MR) is 136 cm³/mol. The third-order valence-electron chi connectivity index (χ3n) is 5.62. The summed E-state index contributed by atoms with van der Waals surface area (Å²) in [4.78, 5) is 19.6. The second kappa shape index (κ2) is 10.1. The molecular formula is C26H30N4O4S. The van der Waals surface area contributed by atoms with Crippen LogP contribution in [-0.4, -0.2) is 41.1 Å². The number of rotatable bonds is 6. The van der Waals surface area contributed by atoms with Crippen LogP contribution in [0.25, 0.3) is 11.3 Å². The van der Waals surface area contributed by atoms with E-state index in [9.17, 15) is 4.79 Å². The van der Waals surface area contributed by atoms with Crippen molar-refractivity contribution in [3.63, 3.8) is 0 Å². The van der Waals surface area contributed by atoms with Gasteiger partial charge in [-0.15, -0.1) is 10.2 Å². The molecule has 0 saturated carbocycles. The van der Waals surface area contributed by atoms with E-state index in [1.165, 1.54) is 18.7 Å². The minimum absolute atomic E-state index is 0.191. The molecule has 2 aromatic carbocycles. The fraction of sp³-hybridized carbons (Fsp3) is 0.385. The quantitative estimate of drug-likeness (QED) is 0.423. The summed E-state index contributed by atoms with van der Waals surface area (Å²) in [6, 6.07) is 9.53. The Balaban J connectivity index is 1.99. The first-order chi connectivity index (χ1) is 16.7. The minimum Gasteiger partial charge on any atom is -0.493 e. The Morgan fingerprint density at radius 3 is 2.60 bits per heavy atom. The number of para-hydroxylation sites is 1. The van der Waals surface area contributed by atoms with E-state index in [1.54, 1.807) is 25.2 Å². The Hall–Kier alpha value is -3.33. The second-order valence-corrected chi connectivity index (χ2v) is 9.86. The highest BCUT2D eigenvalue weighted by Crippen LogP contribution is 2.48. The van der Waals surface area contributed by atoms with Crippen LogP contribution in [-0.2, 0) is 4.79 Å². The topological polar surface area (TPSA) is 86.7 Å². The van der Waals surface area contributed by atoms with E-state index in [4.69, 9.17) is 19.2 Å². The van der Waals surface area contributed by atoms with Crippen molar-refractivity contribution < 1.29 is 19.0 Å². The fourth-order valence-electron chi connectivity index (χ4n) is 4.22. The molecule has 0 aliphatic carbocycles. The van der Waals surface area contributed by atoms with Crippen molar-refractivity contribution in [2.24, 2.45) is 5.92 Å². The number of aryl methyl sites for hydroxylation is 2. The molecule has 1 aliphatic heterocycles. The lowest BCUT2D eigenvalue weighted by atomic mass is 10.00. The van der Waals surface area contributed by atoms with Crippen LogP contribution in [0.4, 0.5) is 5.69 Å². The maximum atomic E-state index is 13.2. The van der Waals surface area contributed by atoms with Crippen molar-refractivity contribution in [1.29, 1.82) is 0 Å². The maximum Gasteiger partial charge on any atom is 0.247 e. The van der Waals surface area contributed by atoms with Gasteiger partial charge in [-0.05, 0) is 43.5 Å². The number of carbonyl (C=O) groups excluding carboxylic acids is 1. The first-order valence-electron chi connectivity index (χ1n) is 11.4. The summed E-state index contributed by atoms with van der Waals surface area (Å²) in [6.45, 7) is 9.77. The average Bonchev–Trinajstić information content (AvgIpc) is 2.96. The minimum atomic E-state index is -0.862. The third-order valence-corrected chi connectivity index (χ3v) is 6.88. The van der Waals surface area contributed by atoms with E-state index in [2.05, 4.69) is 24.0 Å². The molecule has 1 atom stereocenters. The molecule has 9 heteroatoms. The molecule has 0 N–H and O–H groups in total. The Morgan fingerprint density at radius 1 is 1.17 bits per heavy atom. The molecule has 0 saturated heterocycles. The van der Waals surface area contributed by atoms with E-state index in [-0.39, 0.29) is 5.91 Å². The number of thioether (sulfide) groups is 1. The molecule has 0 fully saturated rings. The summed E-state index contributed by atoms with van der Waals surface area (Å²) in [6.07, 6.45) is -0.862. The lowest BCUT2D eigenvalue weighted by molar-refractivity contribution is -0.118. The third kappa shape index (κ3) is 4.77. The van der Waals surface area contributed by atoms with Crippen molar-refractivity contribution in [3.05, 3.63) is 47.0 Å². The molecule has 35 heavy (non-hydrogen) atoms. The molecule has 0 unspecified atom stereocenters. The highest BCUT2D eigenvalue weighted by atomic mass is 32.2. The van der Waals surface area contributed by atoms with Gasteiger partial charge in [0.15, 0.2) is 17.2 Å². The van der Waals surface area contributed by atoms with E-state index in [1.807, 2.05) is 38.1 Å². The molecule has 1 aliphatic rings. The van der Waals surface area contributed by atoms with Gasteiger partial charge in [0.1, 0.15) is 0 Å². The van der Waals surface area contributed by atoms with E-state index in [0.29, 0.717) is 45.4 Å². The number of methoxy groups -OCH3 is 2. The van der Waals surface area contributed by atoms with Gasteiger partial charge < -0.3 is 14.2 Å². The lowest BCUT2D eigenvalue weighted by Crippen LogP contribution is -2.36. The van der Waals surface area contributed by atoms with Gasteiger partial charge in [0.05, 0.1) is 25.5 Å². The first kappa shape index (κ1) is 24.8. The molecular weight excluding hydrogens is 464 g/mol. The van der Waals surface area contributed by atoms with Crippen LogP contribution < -0.4 is 19.1 Å². The molecule has 184 valence electrons. The van der Waals surface area contributed by atoms with E-state index < -0.39 is 6.23 Å². The molecule has 3 aromatic rings.